The largest absolute Gasteiger partial charge is 0.386 e. The molecule has 0 spiro atoms. The van der Waals surface area contributed by atoms with Crippen LogP contribution >= 0.6 is 0 Å². The molecule has 1 aromatic rings. The minimum atomic E-state index is -1.30. The molecule has 1 amide bonds. The molecule has 4 aliphatic carbocycles. The van der Waals surface area contributed by atoms with Crippen LogP contribution in [0.2, 0.25) is 0 Å². The summed E-state index contributed by atoms with van der Waals surface area (Å²) in [4.78, 5) is 12.8. The number of carbonyl (C=O) groups is 1. The third-order valence-electron chi connectivity index (χ3n) is 12.9. The van der Waals surface area contributed by atoms with Gasteiger partial charge in [0, 0.05) is 21.8 Å². The summed E-state index contributed by atoms with van der Waals surface area (Å²) in [5.41, 5.74) is 5.04. The van der Waals surface area contributed by atoms with Crippen LogP contribution < -0.4 is 5.73 Å². The predicted octanol–water partition coefficient (Wildman–Crippen LogP) is 5.84. The number of hydrogen-bond donors (Lipinski definition) is 3. The first kappa shape index (κ1) is 27.9. The van der Waals surface area contributed by atoms with Gasteiger partial charge in [0.1, 0.15) is 17.5 Å². The lowest BCUT2D eigenvalue weighted by atomic mass is 9.36. The fraction of sp³-hybridized carbons (Fsp3) is 0.812. The standard InChI is InChI=1S/C32H50N2O4/c1-26(2)11-13-28(5,25(33)36)14-15-31(8)30(7)10-9-21-27(3,4)24-20(19-34-38-24)18-29(21,6)22(30)17-23(35)32(31,37)16-12-26/h17,19,21,23,35,37H,9-16,18H2,1-8H3,(H2,33,36)/t21-,23+,28-,29-,30+,31-,32+/m0/s1. The van der Waals surface area contributed by atoms with Crippen molar-refractivity contribution in [2.45, 2.75) is 130 Å². The summed E-state index contributed by atoms with van der Waals surface area (Å²) in [6.07, 6.45) is 9.81. The number of amides is 1. The van der Waals surface area contributed by atoms with Gasteiger partial charge in [-0.2, -0.15) is 0 Å². The average Bonchev–Trinajstić information content (AvgIpc) is 3.29. The second-order valence-corrected chi connectivity index (χ2v) is 15.8. The number of aliphatic hydroxyl groups excluding tert-OH is 1. The molecule has 4 aliphatic rings. The number of aliphatic hydroxyl groups is 2. The summed E-state index contributed by atoms with van der Waals surface area (Å²) < 4.78 is 5.79. The first-order valence-electron chi connectivity index (χ1n) is 14.7. The smallest absolute Gasteiger partial charge is 0.223 e. The van der Waals surface area contributed by atoms with Gasteiger partial charge in [-0.15, -0.1) is 0 Å². The number of fused-ring (bicyclic) bond motifs is 6. The maximum atomic E-state index is 12.8. The van der Waals surface area contributed by atoms with E-state index in [1.807, 2.05) is 19.2 Å². The second kappa shape index (κ2) is 8.19. The third kappa shape index (κ3) is 3.51. The van der Waals surface area contributed by atoms with E-state index in [1.165, 1.54) is 5.57 Å². The SMILES string of the molecule is CC1(C)CC[C@](C)(C(N)=O)CC[C@]2(C)[C@@](O)(CC1)[C@H](O)C=C1[C@@]3(C)Cc4cnoc4C(C)(C)[C@@H]3CC[C@]12C. The zero-order valence-electron chi connectivity index (χ0n) is 24.9. The van der Waals surface area contributed by atoms with Crippen LogP contribution in [0.15, 0.2) is 22.4 Å². The highest BCUT2D eigenvalue weighted by Gasteiger charge is 2.69. The van der Waals surface area contributed by atoms with Crippen molar-refractivity contribution in [2.24, 2.45) is 38.7 Å². The van der Waals surface area contributed by atoms with Crippen molar-refractivity contribution in [3.63, 3.8) is 0 Å². The van der Waals surface area contributed by atoms with Crippen LogP contribution in [0.3, 0.4) is 0 Å². The molecule has 2 fully saturated rings. The molecule has 1 aromatic heterocycles. The molecule has 6 nitrogen and oxygen atoms in total. The Balaban J connectivity index is 1.68. The van der Waals surface area contributed by atoms with Crippen LogP contribution in [0.25, 0.3) is 0 Å². The molecule has 5 rings (SSSR count). The van der Waals surface area contributed by atoms with Crippen LogP contribution in [-0.2, 0) is 16.6 Å². The van der Waals surface area contributed by atoms with Crippen molar-refractivity contribution in [1.29, 1.82) is 0 Å². The zero-order valence-corrected chi connectivity index (χ0v) is 24.9. The van der Waals surface area contributed by atoms with Crippen LogP contribution in [0.1, 0.15) is 118 Å². The average molecular weight is 527 g/mol. The fourth-order valence-corrected chi connectivity index (χ4v) is 9.68. The highest BCUT2D eigenvalue weighted by molar-refractivity contribution is 5.80. The van der Waals surface area contributed by atoms with E-state index in [4.69, 9.17) is 10.3 Å². The molecule has 4 N–H and O–H groups in total. The van der Waals surface area contributed by atoms with Gasteiger partial charge in [-0.3, -0.25) is 4.79 Å². The van der Waals surface area contributed by atoms with Gasteiger partial charge in [0.05, 0.1) is 6.20 Å². The summed E-state index contributed by atoms with van der Waals surface area (Å²) in [6, 6.07) is 0. The summed E-state index contributed by atoms with van der Waals surface area (Å²) in [5, 5.41) is 28.7. The van der Waals surface area contributed by atoms with Crippen molar-refractivity contribution in [3.8, 4) is 0 Å². The summed E-state index contributed by atoms with van der Waals surface area (Å²) in [5.74, 6) is 1.05. The molecule has 0 aromatic carbocycles. The summed E-state index contributed by atoms with van der Waals surface area (Å²) in [6.45, 7) is 17.8. The number of rotatable bonds is 1. The van der Waals surface area contributed by atoms with E-state index >= 15 is 0 Å². The number of aromatic nitrogens is 1. The molecular weight excluding hydrogens is 476 g/mol. The lowest BCUT2D eigenvalue weighted by molar-refractivity contribution is -0.215. The maximum Gasteiger partial charge on any atom is 0.223 e. The van der Waals surface area contributed by atoms with Crippen LogP contribution in [0, 0.1) is 33.0 Å². The third-order valence-corrected chi connectivity index (χ3v) is 12.9. The zero-order chi connectivity index (χ0) is 28.2. The van der Waals surface area contributed by atoms with E-state index in [9.17, 15) is 15.0 Å². The molecule has 0 radical (unpaired) electrons. The minimum Gasteiger partial charge on any atom is -0.386 e. The quantitative estimate of drug-likeness (QED) is 0.398. The van der Waals surface area contributed by atoms with Gasteiger partial charge in [-0.05, 0) is 80.0 Å². The topological polar surface area (TPSA) is 110 Å². The molecule has 1 heterocycles. The Bertz CT molecular complexity index is 1170. The van der Waals surface area contributed by atoms with Crippen molar-refractivity contribution in [2.75, 3.05) is 0 Å². The lowest BCUT2D eigenvalue weighted by Gasteiger charge is -2.68. The van der Waals surface area contributed by atoms with E-state index in [0.29, 0.717) is 25.2 Å². The van der Waals surface area contributed by atoms with E-state index < -0.39 is 22.5 Å². The van der Waals surface area contributed by atoms with Gasteiger partial charge in [0.2, 0.25) is 5.91 Å². The number of primary amides is 1. The molecule has 0 unspecified atom stereocenters. The van der Waals surface area contributed by atoms with Crippen molar-refractivity contribution in [3.05, 3.63) is 29.2 Å². The Hall–Kier alpha value is -1.66. The maximum absolute atomic E-state index is 12.8. The number of carbonyl (C=O) groups excluding carboxylic acids is 1. The highest BCUT2D eigenvalue weighted by atomic mass is 16.5. The molecular formula is C32H50N2O4. The van der Waals surface area contributed by atoms with Gasteiger partial charge in [0.25, 0.3) is 0 Å². The van der Waals surface area contributed by atoms with Gasteiger partial charge >= 0.3 is 0 Å². The number of hydrogen-bond acceptors (Lipinski definition) is 5. The van der Waals surface area contributed by atoms with Crippen LogP contribution in [0.5, 0.6) is 0 Å². The van der Waals surface area contributed by atoms with Gasteiger partial charge < -0.3 is 20.5 Å². The van der Waals surface area contributed by atoms with Crippen molar-refractivity contribution < 1.29 is 19.5 Å². The molecule has 0 saturated heterocycles. The Kier molecular flexibility index (Phi) is 6.01. The van der Waals surface area contributed by atoms with Crippen molar-refractivity contribution in [1.82, 2.24) is 5.16 Å². The highest BCUT2D eigenvalue weighted by Crippen LogP contribution is 2.72. The first-order chi connectivity index (χ1) is 17.4. The molecule has 2 saturated carbocycles. The van der Waals surface area contributed by atoms with Crippen molar-refractivity contribution >= 4 is 5.91 Å². The van der Waals surface area contributed by atoms with Gasteiger partial charge in [-0.1, -0.05) is 72.2 Å². The van der Waals surface area contributed by atoms with E-state index in [-0.39, 0.29) is 27.6 Å². The molecule has 212 valence electrons. The number of nitrogens with zero attached hydrogens (tertiary/aromatic N) is 1. The van der Waals surface area contributed by atoms with E-state index in [2.05, 4.69) is 53.6 Å². The summed E-state index contributed by atoms with van der Waals surface area (Å²) >= 11 is 0. The number of nitrogens with two attached hydrogens (primary N) is 1. The van der Waals surface area contributed by atoms with E-state index in [0.717, 1.165) is 49.8 Å². The normalized spacial score (nSPS) is 46.0. The summed E-state index contributed by atoms with van der Waals surface area (Å²) in [7, 11) is 0. The molecule has 38 heavy (non-hydrogen) atoms. The minimum absolute atomic E-state index is 0.0724. The molecule has 7 atom stereocenters. The van der Waals surface area contributed by atoms with Gasteiger partial charge in [-0.25, -0.2) is 0 Å². The fourth-order valence-electron chi connectivity index (χ4n) is 9.68. The van der Waals surface area contributed by atoms with Crippen LogP contribution in [0.4, 0.5) is 0 Å². The second-order valence-electron chi connectivity index (χ2n) is 15.8. The number of allylic oxidation sites excluding steroid dienone is 1. The molecule has 6 heteroatoms. The van der Waals surface area contributed by atoms with Gasteiger partial charge in [0.15, 0.2) is 0 Å². The molecule has 0 bridgehead atoms. The Morgan fingerprint density at radius 3 is 2.26 bits per heavy atom. The monoisotopic (exact) mass is 526 g/mol. The Morgan fingerprint density at radius 2 is 1.61 bits per heavy atom. The molecule has 0 aliphatic heterocycles. The van der Waals surface area contributed by atoms with Crippen LogP contribution in [-0.4, -0.2) is 33.0 Å². The predicted molar refractivity (Wildman–Crippen MR) is 148 cm³/mol. The first-order valence-corrected chi connectivity index (χ1v) is 14.7. The Morgan fingerprint density at radius 1 is 0.974 bits per heavy atom. The van der Waals surface area contributed by atoms with E-state index in [1.54, 1.807) is 0 Å². The Labute approximate surface area is 228 Å². The lowest BCUT2D eigenvalue weighted by Crippen LogP contribution is -2.68.